The number of aliphatic carboxylic acids is 1. The van der Waals surface area contributed by atoms with E-state index < -0.39 is 24.3 Å². The Hall–Kier alpha value is -1.20. The molecule has 0 aromatic carbocycles. The van der Waals surface area contributed by atoms with Gasteiger partial charge >= 0.3 is 12.4 Å². The molecule has 1 fully saturated rings. The first-order valence-electron chi connectivity index (χ1n) is 5.28. The molecule has 1 aliphatic heterocycles. The van der Waals surface area contributed by atoms with Gasteiger partial charge < -0.3 is 10.0 Å². The number of amides is 1. The van der Waals surface area contributed by atoms with E-state index in [4.69, 9.17) is 5.11 Å². The summed E-state index contributed by atoms with van der Waals surface area (Å²) in [6.45, 7) is 2.03. The zero-order valence-corrected chi connectivity index (χ0v) is 9.03. The molecule has 0 radical (unpaired) electrons. The quantitative estimate of drug-likeness (QED) is 0.803. The van der Waals surface area contributed by atoms with Gasteiger partial charge in [-0.25, -0.2) is 4.79 Å². The highest BCUT2D eigenvalue weighted by atomic mass is 19.3. The fourth-order valence-electron chi connectivity index (χ4n) is 2.03. The number of hydrogen-bond acceptors (Lipinski definition) is 2. The SMILES string of the molecule is CCC1CCN(C(=O)C(F)F)C(C(=O)O)C1. The Morgan fingerprint density at radius 1 is 1.50 bits per heavy atom. The Labute approximate surface area is 92.2 Å². The molecule has 1 rings (SSSR count). The number of carbonyl (C=O) groups is 2. The lowest BCUT2D eigenvalue weighted by atomic mass is 9.89. The normalized spacial score (nSPS) is 25.9. The van der Waals surface area contributed by atoms with Crippen LogP contribution < -0.4 is 0 Å². The molecule has 2 atom stereocenters. The third-order valence-corrected chi connectivity index (χ3v) is 3.04. The molecule has 6 heteroatoms. The molecule has 1 saturated heterocycles. The predicted molar refractivity (Wildman–Crippen MR) is 52.2 cm³/mol. The lowest BCUT2D eigenvalue weighted by molar-refractivity contribution is -0.158. The maximum Gasteiger partial charge on any atom is 0.326 e. The third kappa shape index (κ3) is 2.68. The maximum absolute atomic E-state index is 12.2. The van der Waals surface area contributed by atoms with Gasteiger partial charge in [0.1, 0.15) is 6.04 Å². The number of nitrogens with zero attached hydrogens (tertiary/aromatic N) is 1. The molecule has 1 heterocycles. The number of likely N-dealkylation sites (tertiary alicyclic amines) is 1. The van der Waals surface area contributed by atoms with Crippen LogP contribution in [0.15, 0.2) is 0 Å². The first kappa shape index (κ1) is 12.9. The van der Waals surface area contributed by atoms with Crippen LogP contribution >= 0.6 is 0 Å². The van der Waals surface area contributed by atoms with Crippen molar-refractivity contribution >= 4 is 11.9 Å². The molecule has 1 amide bonds. The highest BCUT2D eigenvalue weighted by molar-refractivity contribution is 5.85. The molecule has 4 nitrogen and oxygen atoms in total. The largest absolute Gasteiger partial charge is 0.480 e. The van der Waals surface area contributed by atoms with E-state index in [1.54, 1.807) is 0 Å². The van der Waals surface area contributed by atoms with Crippen molar-refractivity contribution in [1.29, 1.82) is 0 Å². The first-order chi connectivity index (χ1) is 7.47. The van der Waals surface area contributed by atoms with Crippen molar-refractivity contribution in [3.8, 4) is 0 Å². The zero-order chi connectivity index (χ0) is 12.3. The van der Waals surface area contributed by atoms with E-state index in [0.29, 0.717) is 6.42 Å². The molecule has 0 spiro atoms. The summed E-state index contributed by atoms with van der Waals surface area (Å²) in [5, 5.41) is 8.91. The number of halogens is 2. The second-order valence-electron chi connectivity index (χ2n) is 3.99. The molecule has 0 aromatic heterocycles. The number of hydrogen-bond donors (Lipinski definition) is 1. The van der Waals surface area contributed by atoms with Crippen molar-refractivity contribution in [1.82, 2.24) is 4.90 Å². The summed E-state index contributed by atoms with van der Waals surface area (Å²) in [6, 6.07) is -1.10. The molecule has 0 saturated carbocycles. The molecule has 16 heavy (non-hydrogen) atoms. The minimum Gasteiger partial charge on any atom is -0.480 e. The van der Waals surface area contributed by atoms with Crippen LogP contribution in [0.4, 0.5) is 8.78 Å². The summed E-state index contributed by atoms with van der Waals surface area (Å²) in [4.78, 5) is 22.8. The van der Waals surface area contributed by atoms with Crippen LogP contribution in [0, 0.1) is 5.92 Å². The molecule has 92 valence electrons. The second-order valence-corrected chi connectivity index (χ2v) is 3.99. The van der Waals surface area contributed by atoms with Gasteiger partial charge in [-0.15, -0.1) is 0 Å². The minimum absolute atomic E-state index is 0.110. The van der Waals surface area contributed by atoms with Crippen LogP contribution in [0.1, 0.15) is 26.2 Å². The van der Waals surface area contributed by atoms with Crippen LogP contribution in [0.5, 0.6) is 0 Å². The molecule has 0 aromatic rings. The summed E-state index contributed by atoms with van der Waals surface area (Å²) in [7, 11) is 0. The van der Waals surface area contributed by atoms with Crippen LogP contribution in [-0.4, -0.2) is 40.9 Å². The number of carboxylic acids is 1. The summed E-state index contributed by atoms with van der Waals surface area (Å²) in [5.74, 6) is -2.38. The van der Waals surface area contributed by atoms with Gasteiger partial charge in [-0.1, -0.05) is 13.3 Å². The van der Waals surface area contributed by atoms with Crippen LogP contribution in [0.25, 0.3) is 0 Å². The third-order valence-electron chi connectivity index (χ3n) is 3.04. The Kier molecular flexibility index (Phi) is 4.20. The topological polar surface area (TPSA) is 57.6 Å². The molecular weight excluding hydrogens is 220 g/mol. The Morgan fingerprint density at radius 3 is 2.56 bits per heavy atom. The number of alkyl halides is 2. The predicted octanol–water partition coefficient (Wildman–Crippen LogP) is 1.35. The molecular formula is C10H15F2NO3. The summed E-state index contributed by atoms with van der Waals surface area (Å²) in [5.41, 5.74) is 0. The van der Waals surface area contributed by atoms with Crippen molar-refractivity contribution < 1.29 is 23.5 Å². The number of carboxylic acid groups (broad SMARTS) is 1. The standard InChI is InChI=1S/C10H15F2NO3/c1-2-6-3-4-13(9(14)8(11)12)7(5-6)10(15)16/h6-8H,2-5H2,1H3,(H,15,16). The monoisotopic (exact) mass is 235 g/mol. The van der Waals surface area contributed by atoms with Crippen LogP contribution in [0.2, 0.25) is 0 Å². The number of carbonyl (C=O) groups excluding carboxylic acids is 1. The van der Waals surface area contributed by atoms with Crippen molar-refractivity contribution in [2.24, 2.45) is 5.92 Å². The van der Waals surface area contributed by atoms with E-state index in [1.165, 1.54) is 0 Å². The summed E-state index contributed by atoms with van der Waals surface area (Å²) >= 11 is 0. The Balaban J connectivity index is 2.76. The second kappa shape index (κ2) is 5.23. The molecule has 1 N–H and O–H groups in total. The van der Waals surface area contributed by atoms with Gasteiger partial charge in [-0.2, -0.15) is 8.78 Å². The molecule has 0 bridgehead atoms. The van der Waals surface area contributed by atoms with Crippen LogP contribution in [-0.2, 0) is 9.59 Å². The van der Waals surface area contributed by atoms with E-state index >= 15 is 0 Å². The van der Waals surface area contributed by atoms with Crippen molar-refractivity contribution in [3.05, 3.63) is 0 Å². The molecule has 1 aliphatic rings. The van der Waals surface area contributed by atoms with Gasteiger partial charge in [0.15, 0.2) is 0 Å². The highest BCUT2D eigenvalue weighted by Gasteiger charge is 2.38. The fraction of sp³-hybridized carbons (Fsp3) is 0.800. The van der Waals surface area contributed by atoms with Crippen molar-refractivity contribution in [2.45, 2.75) is 38.7 Å². The van der Waals surface area contributed by atoms with Gasteiger partial charge in [0.2, 0.25) is 0 Å². The molecule has 0 aliphatic carbocycles. The average molecular weight is 235 g/mol. The maximum atomic E-state index is 12.2. The average Bonchev–Trinajstić information content (AvgIpc) is 2.26. The van der Waals surface area contributed by atoms with Crippen molar-refractivity contribution in [3.63, 3.8) is 0 Å². The lowest BCUT2D eigenvalue weighted by Crippen LogP contribution is -2.51. The highest BCUT2D eigenvalue weighted by Crippen LogP contribution is 2.26. The van der Waals surface area contributed by atoms with Gasteiger partial charge in [-0.05, 0) is 18.8 Å². The van der Waals surface area contributed by atoms with E-state index in [0.717, 1.165) is 11.3 Å². The number of rotatable bonds is 3. The number of piperidine rings is 1. The zero-order valence-electron chi connectivity index (χ0n) is 9.03. The smallest absolute Gasteiger partial charge is 0.326 e. The molecule has 2 unspecified atom stereocenters. The van der Waals surface area contributed by atoms with Crippen molar-refractivity contribution in [2.75, 3.05) is 6.54 Å². The van der Waals surface area contributed by atoms with E-state index in [1.807, 2.05) is 6.92 Å². The first-order valence-corrected chi connectivity index (χ1v) is 5.28. The van der Waals surface area contributed by atoms with Gasteiger partial charge in [-0.3, -0.25) is 4.79 Å². The minimum atomic E-state index is -3.12. The van der Waals surface area contributed by atoms with Gasteiger partial charge in [0.05, 0.1) is 0 Å². The summed E-state index contributed by atoms with van der Waals surface area (Å²) in [6.07, 6.45) is -1.45. The fourth-order valence-corrected chi connectivity index (χ4v) is 2.03. The summed E-state index contributed by atoms with van der Waals surface area (Å²) < 4.78 is 24.5. The van der Waals surface area contributed by atoms with E-state index in [2.05, 4.69) is 0 Å². The Bertz CT molecular complexity index is 283. The van der Waals surface area contributed by atoms with E-state index in [9.17, 15) is 18.4 Å². The van der Waals surface area contributed by atoms with E-state index in [-0.39, 0.29) is 18.9 Å². The van der Waals surface area contributed by atoms with Gasteiger partial charge in [0, 0.05) is 6.54 Å². The van der Waals surface area contributed by atoms with Gasteiger partial charge in [0.25, 0.3) is 5.91 Å². The lowest BCUT2D eigenvalue weighted by Gasteiger charge is -2.36. The van der Waals surface area contributed by atoms with Crippen LogP contribution in [0.3, 0.4) is 0 Å². The Morgan fingerprint density at radius 2 is 2.12 bits per heavy atom.